The molecule has 1 N–H and O–H groups in total. The zero-order chi connectivity index (χ0) is 15.9. The Balaban J connectivity index is 1.90. The van der Waals surface area contributed by atoms with E-state index >= 15 is 0 Å². The second-order valence-corrected chi connectivity index (χ2v) is 5.17. The van der Waals surface area contributed by atoms with Crippen molar-refractivity contribution in [3.63, 3.8) is 0 Å². The van der Waals surface area contributed by atoms with Crippen LogP contribution in [0.1, 0.15) is 22.3 Å². The molecule has 4 nitrogen and oxygen atoms in total. The van der Waals surface area contributed by atoms with Gasteiger partial charge in [0.15, 0.2) is 0 Å². The van der Waals surface area contributed by atoms with E-state index in [1.54, 1.807) is 13.3 Å². The highest BCUT2D eigenvalue weighted by atomic mass is 16.5. The second kappa shape index (κ2) is 7.41. The van der Waals surface area contributed by atoms with Crippen molar-refractivity contribution in [2.75, 3.05) is 7.11 Å². The van der Waals surface area contributed by atoms with E-state index in [4.69, 9.17) is 4.74 Å². The lowest BCUT2D eigenvalue weighted by Crippen LogP contribution is -2.20. The number of nitrogens with zero attached hydrogens (tertiary/aromatic N) is 1. The van der Waals surface area contributed by atoms with Gasteiger partial charge in [-0.3, -0.25) is 4.79 Å². The molecule has 0 saturated carbocycles. The van der Waals surface area contributed by atoms with Crippen LogP contribution >= 0.6 is 0 Å². The number of aryl methyl sites for hydroxylation is 2. The summed E-state index contributed by atoms with van der Waals surface area (Å²) in [4.78, 5) is 11.9. The van der Waals surface area contributed by atoms with Crippen LogP contribution in [0.5, 0.6) is 5.75 Å². The summed E-state index contributed by atoms with van der Waals surface area (Å²) < 4.78 is 5.08. The van der Waals surface area contributed by atoms with Crippen LogP contribution < -0.4 is 10.2 Å². The van der Waals surface area contributed by atoms with Crippen molar-refractivity contribution in [2.45, 2.75) is 20.3 Å². The number of benzene rings is 2. The van der Waals surface area contributed by atoms with Gasteiger partial charge in [-0.15, -0.1) is 0 Å². The summed E-state index contributed by atoms with van der Waals surface area (Å²) >= 11 is 0. The maximum absolute atomic E-state index is 11.9. The van der Waals surface area contributed by atoms with Crippen LogP contribution in [0.25, 0.3) is 0 Å². The summed E-state index contributed by atoms with van der Waals surface area (Å²) in [6, 6.07) is 13.5. The molecule has 2 rings (SSSR count). The van der Waals surface area contributed by atoms with Crippen LogP contribution in [0, 0.1) is 13.8 Å². The fraction of sp³-hybridized carbons (Fsp3) is 0.222. The lowest BCUT2D eigenvalue weighted by atomic mass is 10.0. The number of carbonyl (C=O) groups is 1. The van der Waals surface area contributed by atoms with Gasteiger partial charge < -0.3 is 4.74 Å². The molecular formula is C18H20N2O2. The molecule has 1 amide bonds. The van der Waals surface area contributed by atoms with Crippen LogP contribution in [0.3, 0.4) is 0 Å². The van der Waals surface area contributed by atoms with Crippen molar-refractivity contribution in [3.8, 4) is 5.75 Å². The normalized spacial score (nSPS) is 10.7. The largest absolute Gasteiger partial charge is 0.497 e. The second-order valence-electron chi connectivity index (χ2n) is 5.17. The van der Waals surface area contributed by atoms with Gasteiger partial charge in [0.05, 0.1) is 19.7 Å². The molecule has 0 saturated heterocycles. The van der Waals surface area contributed by atoms with Gasteiger partial charge in [-0.1, -0.05) is 23.8 Å². The van der Waals surface area contributed by atoms with Gasteiger partial charge in [0.2, 0.25) is 5.91 Å². The van der Waals surface area contributed by atoms with E-state index in [0.29, 0.717) is 6.42 Å². The number of hydrazone groups is 1. The number of nitrogens with one attached hydrogen (secondary N) is 1. The minimum Gasteiger partial charge on any atom is -0.497 e. The molecule has 2 aromatic rings. The van der Waals surface area contributed by atoms with Crippen molar-refractivity contribution < 1.29 is 9.53 Å². The van der Waals surface area contributed by atoms with Crippen molar-refractivity contribution in [1.29, 1.82) is 0 Å². The van der Waals surface area contributed by atoms with Crippen LogP contribution in [0.15, 0.2) is 47.6 Å². The molecule has 2 aromatic carbocycles. The predicted molar refractivity (Wildman–Crippen MR) is 88.4 cm³/mol. The molecule has 0 aliphatic rings. The molecule has 0 fully saturated rings. The predicted octanol–water partition coefficient (Wildman–Crippen LogP) is 3.00. The standard InChI is InChI=1S/C18H20N2O2/c1-13-4-7-16(14(2)10-13)11-18(21)20-19-12-15-5-8-17(22-3)9-6-15/h4-10,12H,11H2,1-3H3,(H,20,21)/b19-12-. The number of hydrogen-bond donors (Lipinski definition) is 1. The van der Waals surface area contributed by atoms with Crippen molar-refractivity contribution in [1.82, 2.24) is 5.43 Å². The summed E-state index contributed by atoms with van der Waals surface area (Å²) in [5, 5.41) is 3.98. The number of carbonyl (C=O) groups excluding carboxylic acids is 1. The minimum atomic E-state index is -0.128. The molecule has 0 radical (unpaired) electrons. The molecule has 0 spiro atoms. The van der Waals surface area contributed by atoms with E-state index in [2.05, 4.69) is 16.6 Å². The number of rotatable bonds is 5. The third kappa shape index (κ3) is 4.45. The van der Waals surface area contributed by atoms with Gasteiger partial charge >= 0.3 is 0 Å². The third-order valence-corrected chi connectivity index (χ3v) is 3.37. The summed E-state index contributed by atoms with van der Waals surface area (Å²) in [5.41, 5.74) is 6.78. The molecule has 0 unspecified atom stereocenters. The van der Waals surface area contributed by atoms with Gasteiger partial charge in [0.1, 0.15) is 5.75 Å². The molecule has 22 heavy (non-hydrogen) atoms. The summed E-state index contributed by atoms with van der Waals surface area (Å²) in [7, 11) is 1.62. The summed E-state index contributed by atoms with van der Waals surface area (Å²) in [5.74, 6) is 0.660. The average Bonchev–Trinajstić information content (AvgIpc) is 2.51. The molecular weight excluding hydrogens is 276 g/mol. The number of ether oxygens (including phenoxy) is 1. The molecule has 0 aliphatic carbocycles. The first-order valence-electron chi connectivity index (χ1n) is 7.10. The van der Waals surface area contributed by atoms with Crippen molar-refractivity contribution in [2.24, 2.45) is 5.10 Å². The Morgan fingerprint density at radius 1 is 1.18 bits per heavy atom. The van der Waals surface area contributed by atoms with Gasteiger partial charge in [-0.2, -0.15) is 5.10 Å². The Kier molecular flexibility index (Phi) is 5.31. The van der Waals surface area contributed by atoms with E-state index in [1.165, 1.54) is 5.56 Å². The Labute approximate surface area is 130 Å². The van der Waals surface area contributed by atoms with Crippen molar-refractivity contribution in [3.05, 3.63) is 64.7 Å². The summed E-state index contributed by atoms with van der Waals surface area (Å²) in [6.07, 6.45) is 1.94. The van der Waals surface area contributed by atoms with Gasteiger partial charge in [0.25, 0.3) is 0 Å². The SMILES string of the molecule is COc1ccc(/C=N\NC(=O)Cc2ccc(C)cc2C)cc1. The van der Waals surface area contributed by atoms with Gasteiger partial charge in [-0.25, -0.2) is 5.43 Å². The first-order valence-corrected chi connectivity index (χ1v) is 7.10. The van der Waals surface area contributed by atoms with E-state index < -0.39 is 0 Å². The van der Waals surface area contributed by atoms with E-state index in [9.17, 15) is 4.79 Å². The van der Waals surface area contributed by atoms with Crippen LogP contribution in [-0.2, 0) is 11.2 Å². The van der Waals surface area contributed by atoms with Crippen LogP contribution in [0.2, 0.25) is 0 Å². The Hall–Kier alpha value is -2.62. The number of hydrogen-bond acceptors (Lipinski definition) is 3. The lowest BCUT2D eigenvalue weighted by Gasteiger charge is -2.05. The van der Waals surface area contributed by atoms with Crippen molar-refractivity contribution >= 4 is 12.1 Å². The highest BCUT2D eigenvalue weighted by Crippen LogP contribution is 2.11. The first kappa shape index (κ1) is 15.8. The van der Waals surface area contributed by atoms with Gasteiger partial charge in [0, 0.05) is 0 Å². The Morgan fingerprint density at radius 3 is 2.55 bits per heavy atom. The maximum Gasteiger partial charge on any atom is 0.244 e. The lowest BCUT2D eigenvalue weighted by molar-refractivity contribution is -0.120. The zero-order valence-corrected chi connectivity index (χ0v) is 13.1. The molecule has 0 bridgehead atoms. The van der Waals surface area contributed by atoms with Crippen LogP contribution in [0.4, 0.5) is 0 Å². The molecule has 4 heteroatoms. The molecule has 0 aliphatic heterocycles. The smallest absolute Gasteiger partial charge is 0.244 e. The average molecular weight is 296 g/mol. The number of methoxy groups -OCH3 is 1. The topological polar surface area (TPSA) is 50.7 Å². The monoisotopic (exact) mass is 296 g/mol. The summed E-state index contributed by atoms with van der Waals surface area (Å²) in [6.45, 7) is 4.05. The van der Waals surface area contributed by atoms with Gasteiger partial charge in [-0.05, 0) is 54.8 Å². The van der Waals surface area contributed by atoms with Crippen LogP contribution in [-0.4, -0.2) is 19.2 Å². The fourth-order valence-electron chi connectivity index (χ4n) is 2.13. The minimum absolute atomic E-state index is 0.128. The molecule has 114 valence electrons. The van der Waals surface area contributed by atoms with E-state index in [-0.39, 0.29) is 5.91 Å². The fourth-order valence-corrected chi connectivity index (χ4v) is 2.13. The number of amides is 1. The molecule has 0 heterocycles. The Bertz CT molecular complexity index is 676. The maximum atomic E-state index is 11.9. The molecule has 0 aromatic heterocycles. The third-order valence-electron chi connectivity index (χ3n) is 3.37. The zero-order valence-electron chi connectivity index (χ0n) is 13.1. The molecule has 0 atom stereocenters. The highest BCUT2D eigenvalue weighted by molar-refractivity contribution is 5.83. The van der Waals surface area contributed by atoms with E-state index in [1.807, 2.05) is 50.2 Å². The highest BCUT2D eigenvalue weighted by Gasteiger charge is 2.05. The first-order chi connectivity index (χ1) is 10.6. The Morgan fingerprint density at radius 2 is 1.91 bits per heavy atom. The quantitative estimate of drug-likeness (QED) is 0.681. The van der Waals surface area contributed by atoms with E-state index in [0.717, 1.165) is 22.4 Å².